The number of sulfone groups is 1. The largest absolute Gasteiger partial charge is 0.468 e. The van der Waals surface area contributed by atoms with Crippen LogP contribution in [0.1, 0.15) is 41.8 Å². The van der Waals surface area contributed by atoms with Crippen molar-refractivity contribution < 1.29 is 22.0 Å². The predicted molar refractivity (Wildman–Crippen MR) is 111 cm³/mol. The number of hydrogen-bond acceptors (Lipinski definition) is 6. The van der Waals surface area contributed by atoms with Gasteiger partial charge < -0.3 is 14.2 Å². The molecule has 0 aliphatic heterocycles. The van der Waals surface area contributed by atoms with E-state index in [-0.39, 0.29) is 17.6 Å². The Morgan fingerprint density at radius 2 is 1.86 bits per heavy atom. The fourth-order valence-corrected chi connectivity index (χ4v) is 4.32. The maximum absolute atomic E-state index is 12.9. The summed E-state index contributed by atoms with van der Waals surface area (Å²) in [6.45, 7) is 5.99. The molecule has 1 amide bonds. The fraction of sp³-hybridized carbons (Fsp3) is 0.381. The summed E-state index contributed by atoms with van der Waals surface area (Å²) in [5.74, 6) is 0.0950. The van der Waals surface area contributed by atoms with Crippen LogP contribution in [0, 0.1) is 0 Å². The lowest BCUT2D eigenvalue weighted by molar-refractivity contribution is 0.0903. The van der Waals surface area contributed by atoms with Gasteiger partial charge in [-0.3, -0.25) is 9.69 Å². The molecule has 156 valence electrons. The lowest BCUT2D eigenvalue weighted by atomic mass is 10.1. The van der Waals surface area contributed by atoms with Gasteiger partial charge in [-0.1, -0.05) is 32.0 Å². The highest BCUT2D eigenvalue weighted by Gasteiger charge is 2.26. The second kappa shape index (κ2) is 8.84. The molecule has 2 heterocycles. The molecule has 2 aromatic heterocycles. The first kappa shape index (κ1) is 21.1. The number of nitrogens with zero attached hydrogens (tertiary/aromatic N) is 1. The van der Waals surface area contributed by atoms with Crippen LogP contribution in [0.25, 0.3) is 11.0 Å². The van der Waals surface area contributed by atoms with Gasteiger partial charge in [-0.2, -0.15) is 0 Å². The minimum atomic E-state index is -3.35. The third-order valence-corrected chi connectivity index (χ3v) is 5.70. The van der Waals surface area contributed by atoms with E-state index in [1.807, 2.05) is 26.0 Å². The second-order valence-electron chi connectivity index (χ2n) is 6.94. The zero-order valence-electron chi connectivity index (χ0n) is 16.8. The molecule has 8 heteroatoms. The Morgan fingerprint density at radius 3 is 2.48 bits per heavy atom. The molecule has 0 saturated heterocycles. The van der Waals surface area contributed by atoms with Crippen molar-refractivity contribution in [1.82, 2.24) is 10.2 Å². The number of hydrogen-bond donors (Lipinski definition) is 1. The SMILES string of the molecule is CCN(CC)C(CNC(=O)c1oc2ccccc2c1CS(C)(=O)=O)c1ccco1. The summed E-state index contributed by atoms with van der Waals surface area (Å²) < 4.78 is 35.1. The highest BCUT2D eigenvalue weighted by molar-refractivity contribution is 7.89. The normalized spacial score (nSPS) is 13.1. The van der Waals surface area contributed by atoms with Gasteiger partial charge in [-0.15, -0.1) is 0 Å². The number of para-hydroxylation sites is 1. The Hall–Kier alpha value is -2.58. The topological polar surface area (TPSA) is 92.8 Å². The first-order valence-corrected chi connectivity index (χ1v) is 11.6. The standard InChI is InChI=1S/C21H26N2O5S/c1-4-23(5-2)17(19-11-8-12-27-19)13-22-21(24)20-16(14-29(3,25)26)15-9-6-7-10-18(15)28-20/h6-12,17H,4-5,13-14H2,1-3H3,(H,22,24). The van der Waals surface area contributed by atoms with Crippen molar-refractivity contribution in [2.24, 2.45) is 0 Å². The molecule has 0 fully saturated rings. The van der Waals surface area contributed by atoms with Crippen LogP contribution >= 0.6 is 0 Å². The van der Waals surface area contributed by atoms with E-state index in [1.165, 1.54) is 0 Å². The summed E-state index contributed by atoms with van der Waals surface area (Å²) in [6, 6.07) is 10.6. The van der Waals surface area contributed by atoms with Gasteiger partial charge in [0.15, 0.2) is 15.6 Å². The summed E-state index contributed by atoms with van der Waals surface area (Å²) in [5, 5.41) is 3.53. The highest BCUT2D eigenvalue weighted by Crippen LogP contribution is 2.28. The molecular weight excluding hydrogens is 392 g/mol. The van der Waals surface area contributed by atoms with Crippen molar-refractivity contribution in [1.29, 1.82) is 0 Å². The van der Waals surface area contributed by atoms with E-state index in [4.69, 9.17) is 8.83 Å². The van der Waals surface area contributed by atoms with Gasteiger partial charge in [0.05, 0.1) is 18.1 Å². The summed E-state index contributed by atoms with van der Waals surface area (Å²) in [7, 11) is -3.35. The third kappa shape index (κ3) is 4.89. The van der Waals surface area contributed by atoms with Crippen LogP contribution in [0.2, 0.25) is 0 Å². The van der Waals surface area contributed by atoms with Crippen molar-refractivity contribution in [3.05, 3.63) is 59.7 Å². The lowest BCUT2D eigenvalue weighted by Crippen LogP contribution is -2.38. The Morgan fingerprint density at radius 1 is 1.14 bits per heavy atom. The van der Waals surface area contributed by atoms with E-state index in [0.29, 0.717) is 23.1 Å². The summed E-state index contributed by atoms with van der Waals surface area (Å²) in [4.78, 5) is 15.1. The van der Waals surface area contributed by atoms with Crippen molar-refractivity contribution in [3.8, 4) is 0 Å². The number of carbonyl (C=O) groups is 1. The van der Waals surface area contributed by atoms with Crippen LogP contribution in [0.5, 0.6) is 0 Å². The molecule has 0 saturated carbocycles. The van der Waals surface area contributed by atoms with Gasteiger partial charge in [0.2, 0.25) is 0 Å². The van der Waals surface area contributed by atoms with E-state index in [0.717, 1.165) is 25.1 Å². The number of rotatable bonds is 9. The van der Waals surface area contributed by atoms with E-state index >= 15 is 0 Å². The van der Waals surface area contributed by atoms with E-state index in [1.54, 1.807) is 30.5 Å². The molecule has 1 atom stereocenters. The minimum absolute atomic E-state index is 0.0365. The van der Waals surface area contributed by atoms with Crippen molar-refractivity contribution in [2.75, 3.05) is 25.9 Å². The maximum atomic E-state index is 12.9. The van der Waals surface area contributed by atoms with Crippen LogP contribution in [0.3, 0.4) is 0 Å². The van der Waals surface area contributed by atoms with Gasteiger partial charge in [0.1, 0.15) is 11.3 Å². The Labute approximate surface area is 170 Å². The molecule has 3 rings (SSSR count). The van der Waals surface area contributed by atoms with Gasteiger partial charge in [-0.05, 0) is 31.3 Å². The zero-order valence-corrected chi connectivity index (χ0v) is 17.7. The van der Waals surface area contributed by atoms with Crippen LogP contribution in [0.15, 0.2) is 51.5 Å². The van der Waals surface area contributed by atoms with E-state index in [2.05, 4.69) is 10.2 Å². The Balaban J connectivity index is 1.88. The number of likely N-dealkylation sites (N-methyl/N-ethyl adjacent to an activating group) is 1. The Bertz CT molecular complexity index is 1070. The number of furan rings is 2. The molecule has 3 aromatic rings. The van der Waals surface area contributed by atoms with Crippen LogP contribution in [-0.2, 0) is 15.6 Å². The molecule has 0 radical (unpaired) electrons. The Kier molecular flexibility index (Phi) is 6.44. The van der Waals surface area contributed by atoms with Crippen LogP contribution in [0.4, 0.5) is 0 Å². The van der Waals surface area contributed by atoms with E-state index < -0.39 is 15.7 Å². The van der Waals surface area contributed by atoms with Crippen molar-refractivity contribution in [2.45, 2.75) is 25.6 Å². The van der Waals surface area contributed by atoms with Crippen LogP contribution in [-0.4, -0.2) is 45.1 Å². The average molecular weight is 419 g/mol. The number of fused-ring (bicyclic) bond motifs is 1. The summed E-state index contributed by atoms with van der Waals surface area (Å²) >= 11 is 0. The summed E-state index contributed by atoms with van der Waals surface area (Å²) in [5.41, 5.74) is 0.876. The smallest absolute Gasteiger partial charge is 0.287 e. The van der Waals surface area contributed by atoms with Gasteiger partial charge in [-0.25, -0.2) is 8.42 Å². The molecular formula is C21H26N2O5S. The van der Waals surface area contributed by atoms with Crippen molar-refractivity contribution >= 4 is 26.7 Å². The van der Waals surface area contributed by atoms with Gasteiger partial charge in [0.25, 0.3) is 5.91 Å². The number of nitrogens with one attached hydrogen (secondary N) is 1. The third-order valence-electron chi connectivity index (χ3n) is 4.89. The molecule has 7 nitrogen and oxygen atoms in total. The molecule has 29 heavy (non-hydrogen) atoms. The first-order chi connectivity index (χ1) is 13.8. The van der Waals surface area contributed by atoms with Crippen molar-refractivity contribution in [3.63, 3.8) is 0 Å². The van der Waals surface area contributed by atoms with Crippen LogP contribution < -0.4 is 5.32 Å². The van der Waals surface area contributed by atoms with Gasteiger partial charge in [0, 0.05) is 23.8 Å². The molecule has 0 bridgehead atoms. The average Bonchev–Trinajstić information content (AvgIpc) is 3.32. The number of carbonyl (C=O) groups excluding carboxylic acids is 1. The second-order valence-corrected chi connectivity index (χ2v) is 9.08. The maximum Gasteiger partial charge on any atom is 0.287 e. The first-order valence-electron chi connectivity index (χ1n) is 9.57. The quantitative estimate of drug-likeness (QED) is 0.573. The molecule has 0 aliphatic carbocycles. The lowest BCUT2D eigenvalue weighted by Gasteiger charge is -2.28. The fourth-order valence-electron chi connectivity index (χ4n) is 3.51. The molecule has 0 aliphatic rings. The number of benzene rings is 1. The van der Waals surface area contributed by atoms with E-state index in [9.17, 15) is 13.2 Å². The summed E-state index contributed by atoms with van der Waals surface area (Å²) in [6.07, 6.45) is 2.75. The molecule has 1 aromatic carbocycles. The zero-order chi connectivity index (χ0) is 21.0. The monoisotopic (exact) mass is 418 g/mol. The highest BCUT2D eigenvalue weighted by atomic mass is 32.2. The number of amides is 1. The molecule has 1 N–H and O–H groups in total. The van der Waals surface area contributed by atoms with Gasteiger partial charge >= 0.3 is 0 Å². The minimum Gasteiger partial charge on any atom is -0.468 e. The molecule has 1 unspecified atom stereocenters. The molecule has 0 spiro atoms. The predicted octanol–water partition coefficient (Wildman–Crippen LogP) is 3.38.